The Balaban J connectivity index is 1.00. The average molecular weight is 649 g/mol. The third-order valence-corrected chi connectivity index (χ3v) is 12.6. The predicted octanol–water partition coefficient (Wildman–Crippen LogP) is 12.7. The van der Waals surface area contributed by atoms with E-state index in [0.717, 1.165) is 26.6 Å². The van der Waals surface area contributed by atoms with Gasteiger partial charge in [-0.25, -0.2) is 9.97 Å². The monoisotopic (exact) mass is 648 g/mol. The van der Waals surface area contributed by atoms with Gasteiger partial charge in [0.25, 0.3) is 0 Å². The molecule has 3 heterocycles. The molecule has 45 heavy (non-hydrogen) atoms. The maximum atomic E-state index is 5.02. The number of nitrogens with zero attached hydrogens (tertiary/aromatic N) is 2. The van der Waals surface area contributed by atoms with Crippen molar-refractivity contribution in [3.63, 3.8) is 0 Å². The molecule has 0 atom stereocenters. The van der Waals surface area contributed by atoms with Crippen molar-refractivity contribution in [2.75, 3.05) is 0 Å². The van der Waals surface area contributed by atoms with Gasteiger partial charge in [-0.05, 0) is 90.3 Å². The molecule has 0 spiro atoms. The molecule has 0 fully saturated rings. The van der Waals surface area contributed by atoms with Crippen molar-refractivity contribution in [1.29, 1.82) is 0 Å². The van der Waals surface area contributed by atoms with E-state index < -0.39 is 0 Å². The summed E-state index contributed by atoms with van der Waals surface area (Å²) in [5, 5.41) is 4.71. The molecule has 0 saturated heterocycles. The van der Waals surface area contributed by atoms with Gasteiger partial charge in [0.1, 0.15) is 10.0 Å². The number of thiazole rings is 2. The van der Waals surface area contributed by atoms with Gasteiger partial charge >= 0.3 is 0 Å². The molecule has 9 rings (SSSR count). The van der Waals surface area contributed by atoms with Crippen molar-refractivity contribution in [3.8, 4) is 32.3 Å². The van der Waals surface area contributed by atoms with Gasteiger partial charge in [-0.1, -0.05) is 72.4 Å². The van der Waals surface area contributed by atoms with E-state index in [2.05, 4.69) is 134 Å². The van der Waals surface area contributed by atoms with E-state index in [1.54, 1.807) is 22.7 Å². The normalized spacial score (nSPS) is 11.8. The van der Waals surface area contributed by atoms with Crippen LogP contribution in [0.3, 0.4) is 0 Å². The van der Waals surface area contributed by atoms with Gasteiger partial charge in [-0.2, -0.15) is 0 Å². The molecule has 0 N–H and O–H groups in total. The lowest BCUT2D eigenvalue weighted by Crippen LogP contribution is -1.81. The van der Waals surface area contributed by atoms with Gasteiger partial charge in [0.05, 0.1) is 20.4 Å². The van der Waals surface area contributed by atoms with Gasteiger partial charge in [-0.15, -0.1) is 34.0 Å². The third-order valence-electron chi connectivity index (χ3n) is 8.16. The molecule has 9 aromatic rings. The fourth-order valence-corrected chi connectivity index (χ4v) is 9.77. The highest BCUT2D eigenvalue weighted by molar-refractivity contribution is 7.99. The Hall–Kier alpha value is -4.33. The minimum atomic E-state index is 1.03. The Morgan fingerprint density at radius 2 is 1.07 bits per heavy atom. The molecule has 0 aliphatic heterocycles. The highest BCUT2D eigenvalue weighted by Gasteiger charge is 2.13. The fraction of sp³-hybridized carbons (Fsp3) is 0.0256. The topological polar surface area (TPSA) is 25.8 Å². The van der Waals surface area contributed by atoms with Crippen LogP contribution in [0.4, 0.5) is 0 Å². The number of thiophene rings is 1. The Bertz CT molecular complexity index is 2540. The Morgan fingerprint density at radius 1 is 0.467 bits per heavy atom. The second-order valence-electron chi connectivity index (χ2n) is 11.1. The van der Waals surface area contributed by atoms with Crippen molar-refractivity contribution in [2.24, 2.45) is 0 Å². The van der Waals surface area contributed by atoms with Crippen molar-refractivity contribution in [2.45, 2.75) is 16.7 Å². The molecular weight excluding hydrogens is 625 g/mol. The summed E-state index contributed by atoms with van der Waals surface area (Å²) in [6.45, 7) is 2.16. The summed E-state index contributed by atoms with van der Waals surface area (Å²) in [5.74, 6) is 0. The number of benzene rings is 6. The van der Waals surface area contributed by atoms with Gasteiger partial charge < -0.3 is 0 Å². The summed E-state index contributed by atoms with van der Waals surface area (Å²) < 4.78 is 5.02. The maximum absolute atomic E-state index is 5.02. The second kappa shape index (κ2) is 10.9. The lowest BCUT2D eigenvalue weighted by molar-refractivity contribution is 1.29. The van der Waals surface area contributed by atoms with Crippen LogP contribution in [0, 0.1) is 6.92 Å². The zero-order chi connectivity index (χ0) is 29.9. The fourth-order valence-electron chi connectivity index (χ4n) is 5.78. The van der Waals surface area contributed by atoms with Crippen molar-refractivity contribution >= 4 is 86.4 Å². The number of aromatic nitrogens is 2. The minimum absolute atomic E-state index is 1.03. The third kappa shape index (κ3) is 4.95. The van der Waals surface area contributed by atoms with Crippen molar-refractivity contribution in [3.05, 3.63) is 133 Å². The number of aryl methyl sites for hydroxylation is 1. The van der Waals surface area contributed by atoms with E-state index in [9.17, 15) is 0 Å². The Morgan fingerprint density at radius 3 is 1.84 bits per heavy atom. The molecule has 0 aliphatic rings. The minimum Gasteiger partial charge on any atom is -0.236 e. The summed E-state index contributed by atoms with van der Waals surface area (Å²) in [7, 11) is 0. The highest BCUT2D eigenvalue weighted by Crippen LogP contribution is 2.40. The molecule has 6 heteroatoms. The first-order chi connectivity index (χ1) is 22.1. The summed E-state index contributed by atoms with van der Waals surface area (Å²) in [6, 6.07) is 45.9. The lowest BCUT2D eigenvalue weighted by Gasteiger charge is -2.07. The van der Waals surface area contributed by atoms with Crippen LogP contribution in [0.25, 0.3) is 72.9 Å². The standard InChI is InChI=1S/C39H24N2S4/c1-23-6-2-4-8-33(23)42-28-15-10-24(11-16-28)25-12-17-31-36(21-25)44-39(41-31)27-13-18-32-37(22-27)45-38(40-32)26-14-19-35-30(20-26)29-7-3-5-9-34(29)43-35/h2-22H,1H3. The smallest absolute Gasteiger partial charge is 0.124 e. The van der Waals surface area contributed by atoms with E-state index >= 15 is 0 Å². The number of fused-ring (bicyclic) bond motifs is 5. The van der Waals surface area contributed by atoms with E-state index in [0.29, 0.717) is 0 Å². The zero-order valence-electron chi connectivity index (χ0n) is 24.2. The predicted molar refractivity (Wildman–Crippen MR) is 197 cm³/mol. The molecule has 0 amide bonds. The van der Waals surface area contributed by atoms with Gasteiger partial charge in [-0.3, -0.25) is 0 Å². The van der Waals surface area contributed by atoms with Crippen LogP contribution in [0.15, 0.2) is 137 Å². The van der Waals surface area contributed by atoms with Gasteiger partial charge in [0.2, 0.25) is 0 Å². The highest BCUT2D eigenvalue weighted by atomic mass is 32.2. The quantitative estimate of drug-likeness (QED) is 0.186. The summed E-state index contributed by atoms with van der Waals surface area (Å²) in [4.78, 5) is 12.6. The molecule has 0 unspecified atom stereocenters. The zero-order valence-corrected chi connectivity index (χ0v) is 27.4. The van der Waals surface area contributed by atoms with Gasteiger partial charge in [0, 0.05) is 41.1 Å². The Labute approximate surface area is 276 Å². The molecule has 6 aromatic carbocycles. The van der Waals surface area contributed by atoms with Crippen molar-refractivity contribution in [1.82, 2.24) is 9.97 Å². The summed E-state index contributed by atoms with van der Waals surface area (Å²) in [5.41, 5.74) is 8.10. The number of hydrogen-bond acceptors (Lipinski definition) is 6. The van der Waals surface area contributed by atoms with E-state index in [4.69, 9.17) is 9.97 Å². The maximum Gasteiger partial charge on any atom is 0.124 e. The molecule has 3 aromatic heterocycles. The molecule has 0 radical (unpaired) electrons. The van der Waals surface area contributed by atoms with Crippen LogP contribution in [-0.2, 0) is 0 Å². The first-order valence-electron chi connectivity index (χ1n) is 14.7. The molecule has 0 saturated carbocycles. The number of rotatable bonds is 5. The van der Waals surface area contributed by atoms with E-state index in [-0.39, 0.29) is 0 Å². The van der Waals surface area contributed by atoms with Gasteiger partial charge in [0.15, 0.2) is 0 Å². The van der Waals surface area contributed by atoms with E-state index in [1.807, 2.05) is 23.1 Å². The van der Waals surface area contributed by atoms with E-state index in [1.165, 1.54) is 61.6 Å². The molecule has 2 nitrogen and oxygen atoms in total. The molecular formula is C39H24N2S4. The molecule has 0 aliphatic carbocycles. The largest absolute Gasteiger partial charge is 0.236 e. The Kier molecular flexibility index (Phi) is 6.56. The van der Waals surface area contributed by atoms with Crippen LogP contribution in [0.5, 0.6) is 0 Å². The average Bonchev–Trinajstić information content (AvgIpc) is 3.80. The summed E-state index contributed by atoms with van der Waals surface area (Å²) in [6.07, 6.45) is 0. The molecule has 214 valence electrons. The van der Waals surface area contributed by atoms with Crippen LogP contribution in [-0.4, -0.2) is 9.97 Å². The lowest BCUT2D eigenvalue weighted by atomic mass is 10.1. The SMILES string of the molecule is Cc1ccccc1Sc1ccc(-c2ccc3nc(-c4ccc5nc(-c6ccc7sc8ccccc8c7c6)sc5c4)sc3c2)cc1. The second-order valence-corrected chi connectivity index (χ2v) is 15.4. The number of hydrogen-bond donors (Lipinski definition) is 0. The van der Waals surface area contributed by atoms with Crippen LogP contribution >= 0.6 is 45.8 Å². The van der Waals surface area contributed by atoms with Crippen LogP contribution in [0.1, 0.15) is 5.56 Å². The first kappa shape index (κ1) is 27.0. The van der Waals surface area contributed by atoms with Crippen molar-refractivity contribution < 1.29 is 0 Å². The summed E-state index contributed by atoms with van der Waals surface area (Å²) >= 11 is 7.16. The van der Waals surface area contributed by atoms with Crippen LogP contribution < -0.4 is 0 Å². The molecule has 0 bridgehead atoms. The first-order valence-corrected chi connectivity index (χ1v) is 18.0. The van der Waals surface area contributed by atoms with Crippen LogP contribution in [0.2, 0.25) is 0 Å².